The first-order valence-corrected chi connectivity index (χ1v) is 10.2. The first kappa shape index (κ1) is 16.1. The van der Waals surface area contributed by atoms with Crippen LogP contribution in [0.15, 0.2) is 6.33 Å². The molecule has 1 amide bonds. The number of carbonyl (C=O) groups excluding carboxylic acids is 1. The topological polar surface area (TPSA) is 67.8 Å². The van der Waals surface area contributed by atoms with Crippen LogP contribution in [-0.4, -0.2) is 63.6 Å². The fourth-order valence-electron chi connectivity index (χ4n) is 4.07. The second-order valence-electron chi connectivity index (χ2n) is 7.73. The van der Waals surface area contributed by atoms with E-state index in [4.69, 9.17) is 0 Å². The van der Waals surface area contributed by atoms with Gasteiger partial charge in [0.25, 0.3) is 5.91 Å². The minimum atomic E-state index is -0.0631. The molecule has 1 atom stereocenters. The first-order valence-electron chi connectivity index (χ1n) is 9.36. The molecular weight excluding hydrogens is 348 g/mol. The highest BCUT2D eigenvalue weighted by Crippen LogP contribution is 2.38. The quantitative estimate of drug-likeness (QED) is 0.674. The molecule has 8 heteroatoms. The normalized spacial score (nSPS) is 21.5. The number of hydrogen-bond acceptors (Lipinski definition) is 5. The van der Waals surface area contributed by atoms with Crippen LogP contribution in [0.3, 0.4) is 0 Å². The van der Waals surface area contributed by atoms with Crippen LogP contribution in [0.5, 0.6) is 0 Å². The Balaban J connectivity index is 1.58. The second-order valence-corrected chi connectivity index (χ2v) is 8.81. The third-order valence-electron chi connectivity index (χ3n) is 5.72. The van der Waals surface area contributed by atoms with E-state index in [1.54, 1.807) is 22.2 Å². The Morgan fingerprint density at radius 3 is 2.96 bits per heavy atom. The van der Waals surface area contributed by atoms with Crippen molar-refractivity contribution in [2.75, 3.05) is 33.2 Å². The smallest absolute Gasteiger partial charge is 0.293 e. The Morgan fingerprint density at radius 2 is 2.15 bits per heavy atom. The molecule has 2 aliphatic rings. The van der Waals surface area contributed by atoms with Gasteiger partial charge in [-0.15, -0.1) is 16.4 Å². The van der Waals surface area contributed by atoms with Crippen molar-refractivity contribution in [1.29, 1.82) is 0 Å². The van der Waals surface area contributed by atoms with E-state index >= 15 is 0 Å². The van der Waals surface area contributed by atoms with Crippen molar-refractivity contribution < 1.29 is 9.69 Å². The molecule has 1 aliphatic carbocycles. The lowest BCUT2D eigenvalue weighted by Gasteiger charge is -2.29. The molecule has 1 aliphatic heterocycles. The van der Waals surface area contributed by atoms with E-state index < -0.39 is 0 Å². The molecule has 5 rings (SSSR count). The third kappa shape index (κ3) is 2.51. The van der Waals surface area contributed by atoms with E-state index in [9.17, 15) is 4.79 Å². The molecule has 0 unspecified atom stereocenters. The maximum Gasteiger partial charge on any atom is 0.293 e. The van der Waals surface area contributed by atoms with Crippen molar-refractivity contribution in [2.45, 2.75) is 26.2 Å². The van der Waals surface area contributed by atoms with E-state index in [1.807, 2.05) is 4.90 Å². The highest BCUT2D eigenvalue weighted by Gasteiger charge is 2.28. The minimum Gasteiger partial charge on any atom is -0.334 e. The Morgan fingerprint density at radius 1 is 1.35 bits per heavy atom. The molecule has 4 heterocycles. The molecule has 136 valence electrons. The zero-order valence-electron chi connectivity index (χ0n) is 15.2. The highest BCUT2D eigenvalue weighted by atomic mass is 32.1. The SMILES string of the molecule is C[C@@H]1CCc2sc3ncn4nc(C(=O)N5CC[NH+](C)CC5)nc4c3c2C1. The second kappa shape index (κ2) is 5.99. The van der Waals surface area contributed by atoms with Gasteiger partial charge in [-0.2, -0.15) is 0 Å². The molecule has 0 spiro atoms. The number of quaternary nitrogens is 1. The lowest BCUT2D eigenvalue weighted by molar-refractivity contribution is -0.883. The summed E-state index contributed by atoms with van der Waals surface area (Å²) in [5, 5.41) is 5.56. The summed E-state index contributed by atoms with van der Waals surface area (Å²) in [6, 6.07) is 0. The molecule has 0 aromatic carbocycles. The zero-order chi connectivity index (χ0) is 17.8. The average molecular weight is 371 g/mol. The van der Waals surface area contributed by atoms with Gasteiger partial charge >= 0.3 is 0 Å². The number of piperazine rings is 1. The number of thiophene rings is 1. The van der Waals surface area contributed by atoms with Gasteiger partial charge in [0, 0.05) is 4.88 Å². The van der Waals surface area contributed by atoms with Crippen LogP contribution in [0.25, 0.3) is 15.9 Å². The molecule has 1 saturated heterocycles. The number of hydrogen-bond donors (Lipinski definition) is 1. The predicted molar refractivity (Wildman–Crippen MR) is 99.9 cm³/mol. The summed E-state index contributed by atoms with van der Waals surface area (Å²) in [6.07, 6.45) is 5.11. The largest absolute Gasteiger partial charge is 0.334 e. The summed E-state index contributed by atoms with van der Waals surface area (Å²) >= 11 is 1.77. The van der Waals surface area contributed by atoms with Crippen molar-refractivity contribution in [3.63, 3.8) is 0 Å². The number of carbonyl (C=O) groups is 1. The van der Waals surface area contributed by atoms with Crippen molar-refractivity contribution in [1.82, 2.24) is 24.5 Å². The minimum absolute atomic E-state index is 0.0631. The number of likely N-dealkylation sites (N-methyl/N-ethyl adjacent to an activating group) is 1. The fraction of sp³-hybridized carbons (Fsp3) is 0.556. The highest BCUT2D eigenvalue weighted by molar-refractivity contribution is 7.19. The van der Waals surface area contributed by atoms with Gasteiger partial charge in [0.1, 0.15) is 11.2 Å². The van der Waals surface area contributed by atoms with Crippen molar-refractivity contribution >= 4 is 33.1 Å². The van der Waals surface area contributed by atoms with Gasteiger partial charge in [-0.05, 0) is 30.7 Å². The van der Waals surface area contributed by atoms with Gasteiger partial charge in [-0.1, -0.05) is 6.92 Å². The lowest BCUT2D eigenvalue weighted by Crippen LogP contribution is -3.12. The van der Waals surface area contributed by atoms with Crippen molar-refractivity contribution in [3.05, 3.63) is 22.6 Å². The van der Waals surface area contributed by atoms with Crippen molar-refractivity contribution in [3.8, 4) is 0 Å². The number of amides is 1. The van der Waals surface area contributed by atoms with E-state index in [0.29, 0.717) is 11.7 Å². The Hall–Kier alpha value is -2.06. The summed E-state index contributed by atoms with van der Waals surface area (Å²) in [5.74, 6) is 0.909. The van der Waals surface area contributed by atoms with Crippen molar-refractivity contribution in [2.24, 2.45) is 5.92 Å². The van der Waals surface area contributed by atoms with E-state index in [1.165, 1.54) is 21.8 Å². The van der Waals surface area contributed by atoms with Crippen LogP contribution in [0.4, 0.5) is 0 Å². The molecule has 7 nitrogen and oxygen atoms in total. The number of fused-ring (bicyclic) bond motifs is 5. The molecule has 1 fully saturated rings. The average Bonchev–Trinajstić information content (AvgIpc) is 3.22. The zero-order valence-corrected chi connectivity index (χ0v) is 16.0. The summed E-state index contributed by atoms with van der Waals surface area (Å²) in [7, 11) is 2.16. The summed E-state index contributed by atoms with van der Waals surface area (Å²) < 4.78 is 1.68. The number of nitrogens with one attached hydrogen (secondary N) is 1. The van der Waals surface area contributed by atoms with Crippen LogP contribution < -0.4 is 4.90 Å². The van der Waals surface area contributed by atoms with E-state index in [-0.39, 0.29) is 5.91 Å². The third-order valence-corrected chi connectivity index (χ3v) is 6.92. The molecule has 26 heavy (non-hydrogen) atoms. The van der Waals surface area contributed by atoms with E-state index in [0.717, 1.165) is 54.9 Å². The number of rotatable bonds is 1. The number of aromatic nitrogens is 4. The van der Waals surface area contributed by atoms with Crippen LogP contribution in [0.2, 0.25) is 0 Å². The number of aryl methyl sites for hydroxylation is 1. The first-order chi connectivity index (χ1) is 12.6. The monoisotopic (exact) mass is 371 g/mol. The fourth-order valence-corrected chi connectivity index (χ4v) is 5.25. The van der Waals surface area contributed by atoms with Gasteiger partial charge in [0.15, 0.2) is 5.65 Å². The molecule has 1 N–H and O–H groups in total. The Kier molecular flexibility index (Phi) is 3.72. The van der Waals surface area contributed by atoms with Gasteiger partial charge < -0.3 is 9.80 Å². The Labute approximate surface area is 155 Å². The molecule has 0 radical (unpaired) electrons. The van der Waals surface area contributed by atoms with Gasteiger partial charge in [0.05, 0.1) is 38.6 Å². The van der Waals surface area contributed by atoms with Crippen LogP contribution in [0, 0.1) is 5.92 Å². The summed E-state index contributed by atoms with van der Waals surface area (Å²) in [4.78, 5) is 27.9. The van der Waals surface area contributed by atoms with Gasteiger partial charge in [0.2, 0.25) is 5.82 Å². The van der Waals surface area contributed by atoms with Crippen LogP contribution >= 0.6 is 11.3 Å². The lowest BCUT2D eigenvalue weighted by atomic mass is 9.89. The van der Waals surface area contributed by atoms with Gasteiger partial charge in [-0.3, -0.25) is 4.79 Å². The molecule has 0 bridgehead atoms. The van der Waals surface area contributed by atoms with E-state index in [2.05, 4.69) is 29.0 Å². The molecule has 3 aromatic heterocycles. The summed E-state index contributed by atoms with van der Waals surface area (Å²) in [6.45, 7) is 5.77. The van der Waals surface area contributed by atoms with Crippen LogP contribution in [-0.2, 0) is 12.8 Å². The molecule has 0 saturated carbocycles. The summed E-state index contributed by atoms with van der Waals surface area (Å²) in [5.41, 5.74) is 2.15. The number of nitrogens with zero attached hydrogens (tertiary/aromatic N) is 5. The Bertz CT molecular complexity index is 1000. The predicted octanol–water partition coefficient (Wildman–Crippen LogP) is 0.434. The maximum absolute atomic E-state index is 12.9. The van der Waals surface area contributed by atoms with Crippen LogP contribution in [0.1, 0.15) is 34.4 Å². The molecular formula is C18H23N6OS+. The maximum atomic E-state index is 12.9. The standard InChI is InChI=1S/C18H22N6OS/c1-11-3-4-13-12(9-11)14-16-20-15(21-24(16)10-19-17(14)26-13)18(25)23-7-5-22(2)6-8-23/h10-11H,3-9H2,1-2H3/p+1/t11-/m1/s1. The van der Waals surface area contributed by atoms with Gasteiger partial charge in [-0.25, -0.2) is 14.5 Å². The molecule has 3 aromatic rings.